The third-order valence-corrected chi connectivity index (χ3v) is 3.39. The Morgan fingerprint density at radius 1 is 1.39 bits per heavy atom. The van der Waals surface area contributed by atoms with Gasteiger partial charge in [0.25, 0.3) is 0 Å². The van der Waals surface area contributed by atoms with Crippen LogP contribution >= 0.6 is 0 Å². The predicted molar refractivity (Wildman–Crippen MR) is 71.5 cm³/mol. The lowest BCUT2D eigenvalue weighted by atomic mass is 10.0. The quantitative estimate of drug-likeness (QED) is 0.900. The van der Waals surface area contributed by atoms with Crippen LogP contribution in [0.25, 0.3) is 0 Å². The van der Waals surface area contributed by atoms with Crippen molar-refractivity contribution in [3.8, 4) is 0 Å². The van der Waals surface area contributed by atoms with Gasteiger partial charge in [-0.25, -0.2) is 0 Å². The minimum Gasteiger partial charge on any atom is -0.390 e. The second kappa shape index (κ2) is 4.98. The molecule has 0 aliphatic heterocycles. The lowest BCUT2D eigenvalue weighted by molar-refractivity contribution is 0.274. The summed E-state index contributed by atoms with van der Waals surface area (Å²) in [6.07, 6.45) is 4.08. The van der Waals surface area contributed by atoms with E-state index in [9.17, 15) is 5.11 Å². The van der Waals surface area contributed by atoms with Gasteiger partial charge >= 0.3 is 0 Å². The lowest BCUT2D eigenvalue weighted by Crippen LogP contribution is -2.03. The second-order valence-electron chi connectivity index (χ2n) is 5.07. The van der Waals surface area contributed by atoms with E-state index >= 15 is 0 Å². The fourth-order valence-electron chi connectivity index (χ4n) is 2.38. The van der Waals surface area contributed by atoms with Crippen molar-refractivity contribution in [2.24, 2.45) is 7.05 Å². The summed E-state index contributed by atoms with van der Waals surface area (Å²) in [6.45, 7) is 7.31. The largest absolute Gasteiger partial charge is 0.390 e. The molecule has 4 nitrogen and oxygen atoms in total. The standard InChI is InChI=1S/C14H21N3O/c1-10(2)13-5-6-17(11(13)3)8-12-7-16(4)15-14(12)9-18/h5-7,10,18H,8-9H2,1-4H3. The second-order valence-corrected chi connectivity index (χ2v) is 5.07. The van der Waals surface area contributed by atoms with Gasteiger partial charge in [0, 0.05) is 30.7 Å². The third-order valence-electron chi connectivity index (χ3n) is 3.39. The number of hydrogen-bond acceptors (Lipinski definition) is 2. The van der Waals surface area contributed by atoms with E-state index in [0.717, 1.165) is 17.8 Å². The Bertz CT molecular complexity index is 537. The maximum atomic E-state index is 9.29. The Kier molecular flexibility index (Phi) is 3.57. The zero-order valence-electron chi connectivity index (χ0n) is 11.5. The summed E-state index contributed by atoms with van der Waals surface area (Å²) in [6, 6.07) is 2.18. The number of aromatic nitrogens is 3. The van der Waals surface area contributed by atoms with Gasteiger partial charge in [0.1, 0.15) is 0 Å². The maximum Gasteiger partial charge on any atom is 0.0928 e. The minimum absolute atomic E-state index is 0.00642. The molecule has 2 aromatic rings. The van der Waals surface area contributed by atoms with E-state index in [4.69, 9.17) is 0 Å². The fraction of sp³-hybridized carbons (Fsp3) is 0.500. The molecule has 18 heavy (non-hydrogen) atoms. The van der Waals surface area contributed by atoms with Crippen LogP contribution in [0.15, 0.2) is 18.5 Å². The molecular weight excluding hydrogens is 226 g/mol. The SMILES string of the molecule is Cc1c(C(C)C)ccn1Cc1cn(C)nc1CO. The Balaban J connectivity index is 2.28. The molecular formula is C14H21N3O. The topological polar surface area (TPSA) is 43.0 Å². The van der Waals surface area contributed by atoms with E-state index in [2.05, 4.69) is 42.7 Å². The Labute approximate surface area is 108 Å². The molecule has 0 aromatic carbocycles. The molecule has 1 N–H and O–H groups in total. The molecule has 4 heteroatoms. The average molecular weight is 247 g/mol. The monoisotopic (exact) mass is 247 g/mol. The molecule has 0 saturated carbocycles. The highest BCUT2D eigenvalue weighted by Crippen LogP contribution is 2.21. The number of hydrogen-bond donors (Lipinski definition) is 1. The Hall–Kier alpha value is -1.55. The van der Waals surface area contributed by atoms with Crippen molar-refractivity contribution in [2.45, 2.75) is 39.8 Å². The molecule has 0 fully saturated rings. The van der Waals surface area contributed by atoms with Crippen molar-refractivity contribution < 1.29 is 5.11 Å². The Morgan fingerprint density at radius 3 is 2.67 bits per heavy atom. The van der Waals surface area contributed by atoms with Crippen LogP contribution in [-0.4, -0.2) is 19.5 Å². The summed E-state index contributed by atoms with van der Waals surface area (Å²) in [5.74, 6) is 0.539. The first-order valence-corrected chi connectivity index (χ1v) is 6.30. The number of aryl methyl sites for hydroxylation is 1. The summed E-state index contributed by atoms with van der Waals surface area (Å²) >= 11 is 0. The number of aliphatic hydroxyl groups excluding tert-OH is 1. The molecule has 0 radical (unpaired) electrons. The van der Waals surface area contributed by atoms with E-state index in [0.29, 0.717) is 5.92 Å². The molecule has 2 rings (SSSR count). The van der Waals surface area contributed by atoms with Crippen molar-refractivity contribution in [3.63, 3.8) is 0 Å². The molecule has 0 aliphatic carbocycles. The molecule has 0 unspecified atom stereocenters. The highest BCUT2D eigenvalue weighted by atomic mass is 16.3. The van der Waals surface area contributed by atoms with Crippen LogP contribution in [0.3, 0.4) is 0 Å². The molecule has 0 aliphatic rings. The molecule has 0 bridgehead atoms. The van der Waals surface area contributed by atoms with Crippen LogP contribution < -0.4 is 0 Å². The van der Waals surface area contributed by atoms with Crippen LogP contribution in [0, 0.1) is 6.92 Å². The molecule has 2 heterocycles. The van der Waals surface area contributed by atoms with Gasteiger partial charge in [0.2, 0.25) is 0 Å². The molecule has 2 aromatic heterocycles. The molecule has 98 valence electrons. The first-order chi connectivity index (χ1) is 8.52. The molecule has 0 atom stereocenters. The maximum absolute atomic E-state index is 9.29. The normalized spacial score (nSPS) is 11.4. The fourth-order valence-corrected chi connectivity index (χ4v) is 2.38. The number of rotatable bonds is 4. The van der Waals surface area contributed by atoms with Gasteiger partial charge in [-0.1, -0.05) is 13.8 Å². The van der Waals surface area contributed by atoms with Crippen LogP contribution in [0.4, 0.5) is 0 Å². The van der Waals surface area contributed by atoms with E-state index in [1.165, 1.54) is 11.3 Å². The number of aliphatic hydroxyl groups is 1. The Morgan fingerprint density at radius 2 is 2.11 bits per heavy atom. The zero-order valence-corrected chi connectivity index (χ0v) is 11.5. The van der Waals surface area contributed by atoms with Gasteiger partial charge in [-0.15, -0.1) is 0 Å². The van der Waals surface area contributed by atoms with Crippen LogP contribution in [0.1, 0.15) is 42.3 Å². The van der Waals surface area contributed by atoms with E-state index in [1.54, 1.807) is 4.68 Å². The van der Waals surface area contributed by atoms with Crippen molar-refractivity contribution in [3.05, 3.63) is 41.0 Å². The van der Waals surface area contributed by atoms with E-state index in [1.807, 2.05) is 13.2 Å². The molecule has 0 saturated heterocycles. The summed E-state index contributed by atoms with van der Waals surface area (Å²) in [4.78, 5) is 0. The summed E-state index contributed by atoms with van der Waals surface area (Å²) in [7, 11) is 1.88. The average Bonchev–Trinajstić information content (AvgIpc) is 2.84. The van der Waals surface area contributed by atoms with Gasteiger partial charge in [0.05, 0.1) is 18.8 Å². The van der Waals surface area contributed by atoms with Gasteiger partial charge in [-0.3, -0.25) is 4.68 Å². The van der Waals surface area contributed by atoms with Crippen molar-refractivity contribution in [1.82, 2.24) is 14.3 Å². The summed E-state index contributed by atoms with van der Waals surface area (Å²) < 4.78 is 3.97. The van der Waals surface area contributed by atoms with Gasteiger partial charge < -0.3 is 9.67 Å². The summed E-state index contributed by atoms with van der Waals surface area (Å²) in [5.41, 5.74) is 4.51. The van der Waals surface area contributed by atoms with Gasteiger partial charge in [-0.2, -0.15) is 5.10 Å². The van der Waals surface area contributed by atoms with Gasteiger partial charge in [0.15, 0.2) is 0 Å². The molecule has 0 amide bonds. The first kappa shape index (κ1) is 12.9. The first-order valence-electron chi connectivity index (χ1n) is 6.30. The number of nitrogens with zero attached hydrogens (tertiary/aromatic N) is 3. The van der Waals surface area contributed by atoms with Crippen molar-refractivity contribution in [2.75, 3.05) is 0 Å². The highest BCUT2D eigenvalue weighted by molar-refractivity contribution is 5.26. The third kappa shape index (κ3) is 2.34. The van der Waals surface area contributed by atoms with Crippen molar-refractivity contribution >= 4 is 0 Å². The van der Waals surface area contributed by atoms with Crippen molar-refractivity contribution in [1.29, 1.82) is 0 Å². The predicted octanol–water partition coefficient (Wildman–Crippen LogP) is 2.19. The van der Waals surface area contributed by atoms with Crippen LogP contribution in [-0.2, 0) is 20.2 Å². The van der Waals surface area contributed by atoms with Crippen LogP contribution in [0.2, 0.25) is 0 Å². The zero-order chi connectivity index (χ0) is 13.3. The van der Waals surface area contributed by atoms with Gasteiger partial charge in [-0.05, 0) is 24.5 Å². The highest BCUT2D eigenvalue weighted by Gasteiger charge is 2.11. The molecule has 0 spiro atoms. The van der Waals surface area contributed by atoms with E-state index in [-0.39, 0.29) is 6.61 Å². The van der Waals surface area contributed by atoms with E-state index < -0.39 is 0 Å². The summed E-state index contributed by atoms with van der Waals surface area (Å²) in [5, 5.41) is 13.5. The minimum atomic E-state index is -0.00642. The smallest absolute Gasteiger partial charge is 0.0928 e. The van der Waals surface area contributed by atoms with Crippen LogP contribution in [0.5, 0.6) is 0 Å². The lowest BCUT2D eigenvalue weighted by Gasteiger charge is -2.09.